The van der Waals surface area contributed by atoms with E-state index in [9.17, 15) is 23.8 Å². The topological polar surface area (TPSA) is 62.5 Å². The lowest BCUT2D eigenvalue weighted by Crippen LogP contribution is -2.49. The van der Waals surface area contributed by atoms with Crippen LogP contribution < -0.4 is 5.56 Å². The predicted molar refractivity (Wildman–Crippen MR) is 83.2 cm³/mol. The van der Waals surface area contributed by atoms with Crippen LogP contribution in [0.3, 0.4) is 0 Å². The number of halogens is 4. The van der Waals surface area contributed by atoms with Gasteiger partial charge in [0.2, 0.25) is 11.2 Å². The minimum atomic E-state index is -3.63. The second-order valence-electron chi connectivity index (χ2n) is 5.62. The lowest BCUT2D eigenvalue weighted by Gasteiger charge is -2.39. The summed E-state index contributed by atoms with van der Waals surface area (Å²) in [5, 5.41) is 19.5. The quantitative estimate of drug-likeness (QED) is 0.879. The average Bonchev–Trinajstić information content (AvgIpc) is 2.48. The van der Waals surface area contributed by atoms with Crippen LogP contribution in [0.5, 0.6) is 5.75 Å². The fourth-order valence-electron chi connectivity index (χ4n) is 2.48. The molecule has 0 aliphatic heterocycles. The molecule has 1 heterocycles. The van der Waals surface area contributed by atoms with E-state index in [0.717, 1.165) is 48.0 Å². The summed E-state index contributed by atoms with van der Waals surface area (Å²) in [4.78, 5) is 11.4. The maximum Gasteiger partial charge on any atom is 0.279 e. The normalized spacial score (nSPS) is 16.7. The molecule has 0 radical (unpaired) electrons. The molecule has 0 fully saturated rings. The summed E-state index contributed by atoms with van der Waals surface area (Å²) >= 11 is 5.81. The van der Waals surface area contributed by atoms with E-state index < -0.39 is 33.8 Å². The molecule has 0 saturated carbocycles. The molecule has 2 rings (SSSR count). The molecule has 2 unspecified atom stereocenters. The number of hydrogen-bond donors (Lipinski definition) is 2. The predicted octanol–water partition coefficient (Wildman–Crippen LogP) is 3.08. The van der Waals surface area contributed by atoms with Crippen molar-refractivity contribution in [2.75, 3.05) is 0 Å². The zero-order valence-corrected chi connectivity index (χ0v) is 13.6. The van der Waals surface area contributed by atoms with Crippen LogP contribution in [0.2, 0.25) is 5.02 Å². The Kier molecular flexibility index (Phi) is 4.70. The summed E-state index contributed by atoms with van der Waals surface area (Å²) in [6.45, 7) is 0.877. The van der Waals surface area contributed by atoms with Crippen molar-refractivity contribution in [2.45, 2.75) is 24.6 Å². The highest BCUT2D eigenvalue weighted by Gasteiger charge is 2.58. The molecule has 2 N–H and O–H groups in total. The van der Waals surface area contributed by atoms with Crippen molar-refractivity contribution in [3.63, 3.8) is 0 Å². The van der Waals surface area contributed by atoms with Gasteiger partial charge >= 0.3 is 0 Å². The maximum absolute atomic E-state index is 15.5. The number of hydrogen-bond acceptors (Lipinski definition) is 3. The van der Waals surface area contributed by atoms with Gasteiger partial charge in [0.25, 0.3) is 6.43 Å². The van der Waals surface area contributed by atoms with Gasteiger partial charge in [-0.05, 0) is 25.1 Å². The Morgan fingerprint density at radius 1 is 1.25 bits per heavy atom. The van der Waals surface area contributed by atoms with Crippen molar-refractivity contribution in [3.8, 4) is 5.75 Å². The monoisotopic (exact) mass is 361 g/mol. The maximum atomic E-state index is 15.5. The molecular formula is C16H15ClF3NO3. The minimum absolute atomic E-state index is 0.225. The number of aryl methyl sites for hydroxylation is 1. The SMILES string of the molecule is Cn1cc(C(C)(O)C(F)(c2ccc(O)cc2Cl)C(F)F)ccc1=O. The molecule has 2 aromatic rings. The van der Waals surface area contributed by atoms with Crippen LogP contribution in [0.25, 0.3) is 0 Å². The lowest BCUT2D eigenvalue weighted by atomic mass is 9.76. The third kappa shape index (κ3) is 2.78. The highest BCUT2D eigenvalue weighted by atomic mass is 35.5. The van der Waals surface area contributed by atoms with Crippen molar-refractivity contribution < 1.29 is 23.4 Å². The zero-order chi connectivity index (χ0) is 18.3. The number of phenolic OH excluding ortho intramolecular Hbond substituents is 1. The minimum Gasteiger partial charge on any atom is -0.508 e. The molecular weight excluding hydrogens is 347 g/mol. The van der Waals surface area contributed by atoms with Gasteiger partial charge in [-0.1, -0.05) is 17.7 Å². The number of rotatable bonds is 4. The first-order valence-corrected chi connectivity index (χ1v) is 7.25. The van der Waals surface area contributed by atoms with Gasteiger partial charge in [0.1, 0.15) is 11.4 Å². The Bertz CT molecular complexity index is 822. The Labute approximate surface area is 140 Å². The third-order valence-corrected chi connectivity index (χ3v) is 4.31. The van der Waals surface area contributed by atoms with Gasteiger partial charge in [0, 0.05) is 30.4 Å². The number of aromatic nitrogens is 1. The van der Waals surface area contributed by atoms with Gasteiger partial charge < -0.3 is 14.8 Å². The highest BCUT2D eigenvalue weighted by Crippen LogP contribution is 2.50. The summed E-state index contributed by atoms with van der Waals surface area (Å²) in [5.41, 5.74) is -7.62. The van der Waals surface area contributed by atoms with Crippen molar-refractivity contribution in [1.82, 2.24) is 4.57 Å². The number of phenols is 1. The molecule has 0 saturated heterocycles. The molecule has 0 spiro atoms. The van der Waals surface area contributed by atoms with Crippen molar-refractivity contribution in [1.29, 1.82) is 0 Å². The van der Waals surface area contributed by atoms with E-state index in [-0.39, 0.29) is 11.3 Å². The largest absolute Gasteiger partial charge is 0.508 e. The summed E-state index contributed by atoms with van der Waals surface area (Å²) in [6.07, 6.45) is -2.56. The average molecular weight is 362 g/mol. The Morgan fingerprint density at radius 3 is 2.38 bits per heavy atom. The first kappa shape index (κ1) is 18.4. The molecule has 4 nitrogen and oxygen atoms in total. The molecule has 8 heteroatoms. The van der Waals surface area contributed by atoms with Crippen molar-refractivity contribution in [2.24, 2.45) is 7.05 Å². The molecule has 1 aromatic carbocycles. The van der Waals surface area contributed by atoms with Crippen LogP contribution in [0, 0.1) is 0 Å². The first-order valence-electron chi connectivity index (χ1n) is 6.87. The molecule has 1 aromatic heterocycles. The van der Waals surface area contributed by atoms with E-state index in [2.05, 4.69) is 0 Å². The summed E-state index contributed by atoms with van der Waals surface area (Å²) in [7, 11) is 1.34. The van der Waals surface area contributed by atoms with E-state index in [1.54, 1.807) is 0 Å². The molecule has 0 aliphatic carbocycles. The third-order valence-electron chi connectivity index (χ3n) is 4.00. The highest BCUT2D eigenvalue weighted by molar-refractivity contribution is 6.31. The second kappa shape index (κ2) is 6.14. The van der Waals surface area contributed by atoms with Crippen LogP contribution in [0.4, 0.5) is 13.2 Å². The summed E-state index contributed by atoms with van der Waals surface area (Å²) < 4.78 is 43.9. The smallest absolute Gasteiger partial charge is 0.279 e. The number of aliphatic hydroxyl groups is 1. The fraction of sp³-hybridized carbons (Fsp3) is 0.312. The lowest BCUT2D eigenvalue weighted by molar-refractivity contribution is -0.176. The molecule has 24 heavy (non-hydrogen) atoms. The van der Waals surface area contributed by atoms with E-state index in [4.69, 9.17) is 11.6 Å². The van der Waals surface area contributed by atoms with Gasteiger partial charge in [0.15, 0.2) is 0 Å². The van der Waals surface area contributed by atoms with Crippen molar-refractivity contribution in [3.05, 3.63) is 63.0 Å². The van der Waals surface area contributed by atoms with Crippen LogP contribution in [-0.2, 0) is 18.3 Å². The molecule has 2 atom stereocenters. The number of benzene rings is 1. The van der Waals surface area contributed by atoms with Gasteiger partial charge in [-0.15, -0.1) is 0 Å². The van der Waals surface area contributed by atoms with E-state index in [1.807, 2.05) is 0 Å². The van der Waals surface area contributed by atoms with Gasteiger partial charge in [-0.3, -0.25) is 4.79 Å². The Hall–Kier alpha value is -1.99. The first-order chi connectivity index (χ1) is 11.0. The summed E-state index contributed by atoms with van der Waals surface area (Å²) in [6, 6.07) is 4.90. The van der Waals surface area contributed by atoms with Crippen LogP contribution in [0.15, 0.2) is 41.3 Å². The standard InChI is InChI=1S/C16H15ClF3NO3/c1-15(24,9-3-6-13(23)21(2)8-9)16(20,14(18)19)11-5-4-10(22)7-12(11)17/h3-8,14,22,24H,1-2H3. The van der Waals surface area contributed by atoms with E-state index in [0.29, 0.717) is 0 Å². The van der Waals surface area contributed by atoms with E-state index >= 15 is 4.39 Å². The number of aromatic hydroxyl groups is 1. The Morgan fingerprint density at radius 2 is 1.88 bits per heavy atom. The van der Waals surface area contributed by atoms with Gasteiger partial charge in [-0.2, -0.15) is 0 Å². The number of alkyl halides is 3. The van der Waals surface area contributed by atoms with E-state index in [1.165, 1.54) is 7.05 Å². The molecule has 0 bridgehead atoms. The number of pyridine rings is 1. The van der Waals surface area contributed by atoms with Crippen LogP contribution in [-0.4, -0.2) is 21.2 Å². The number of nitrogens with zero attached hydrogens (tertiary/aromatic N) is 1. The zero-order valence-electron chi connectivity index (χ0n) is 12.8. The molecule has 0 aliphatic rings. The fourth-order valence-corrected chi connectivity index (χ4v) is 2.80. The van der Waals surface area contributed by atoms with Crippen LogP contribution in [0.1, 0.15) is 18.1 Å². The second-order valence-corrected chi connectivity index (χ2v) is 6.02. The summed E-state index contributed by atoms with van der Waals surface area (Å²) in [5.74, 6) is -0.331. The van der Waals surface area contributed by atoms with Crippen LogP contribution >= 0.6 is 11.6 Å². The molecule has 130 valence electrons. The van der Waals surface area contributed by atoms with Gasteiger partial charge in [-0.25, -0.2) is 13.2 Å². The van der Waals surface area contributed by atoms with Gasteiger partial charge in [0.05, 0.1) is 5.02 Å². The molecule has 0 amide bonds. The Balaban J connectivity index is 2.72. The van der Waals surface area contributed by atoms with Crippen molar-refractivity contribution >= 4 is 11.6 Å².